The first kappa shape index (κ1) is 22.3. The van der Waals surface area contributed by atoms with E-state index < -0.39 is 0 Å². The van der Waals surface area contributed by atoms with Gasteiger partial charge >= 0.3 is 0 Å². The Kier molecular flexibility index (Phi) is 5.92. The summed E-state index contributed by atoms with van der Waals surface area (Å²) < 4.78 is 2.39. The van der Waals surface area contributed by atoms with Crippen molar-refractivity contribution in [2.45, 2.75) is 46.3 Å². The monoisotopic (exact) mass is 467 g/mol. The summed E-state index contributed by atoms with van der Waals surface area (Å²) >= 11 is 5.87. The number of rotatable bonds is 5. The largest absolute Gasteiger partial charge is 0.352 e. The molecule has 4 heterocycles. The molecule has 0 spiro atoms. The molecule has 34 heavy (non-hydrogen) atoms. The zero-order valence-corrected chi connectivity index (χ0v) is 20.8. The van der Waals surface area contributed by atoms with Gasteiger partial charge in [-0.05, 0) is 86.4 Å². The molecule has 4 aromatic rings. The van der Waals surface area contributed by atoms with Gasteiger partial charge in [0.25, 0.3) is 0 Å². The average molecular weight is 468 g/mol. The first-order chi connectivity index (χ1) is 16.5. The molecule has 1 aromatic carbocycles. The summed E-state index contributed by atoms with van der Waals surface area (Å²) in [6, 6.07) is 18.9. The Bertz CT molecular complexity index is 1310. The Balaban J connectivity index is 1.65. The smallest absolute Gasteiger partial charge is 0.170 e. The Morgan fingerprint density at radius 2 is 1.74 bits per heavy atom. The number of benzene rings is 1. The molecule has 0 radical (unpaired) electrons. The van der Waals surface area contributed by atoms with Crippen LogP contribution in [0.5, 0.6) is 0 Å². The van der Waals surface area contributed by atoms with E-state index in [0.717, 1.165) is 16.4 Å². The molecular formula is C28H29N5S. The van der Waals surface area contributed by atoms with Crippen LogP contribution < -0.4 is 5.32 Å². The van der Waals surface area contributed by atoms with E-state index in [1.807, 2.05) is 30.6 Å². The van der Waals surface area contributed by atoms with Gasteiger partial charge in [-0.2, -0.15) is 0 Å². The molecule has 1 aliphatic rings. The molecule has 1 N–H and O–H groups in total. The molecule has 3 aromatic heterocycles. The van der Waals surface area contributed by atoms with Gasteiger partial charge in [0, 0.05) is 36.5 Å². The molecule has 0 unspecified atom stereocenters. The Hall–Kier alpha value is -3.51. The summed E-state index contributed by atoms with van der Waals surface area (Å²) in [4.78, 5) is 11.3. The van der Waals surface area contributed by atoms with Crippen LogP contribution in [0.15, 0.2) is 73.2 Å². The molecule has 1 aliphatic heterocycles. The maximum atomic E-state index is 5.87. The Morgan fingerprint density at radius 1 is 0.941 bits per heavy atom. The zero-order chi connectivity index (χ0) is 23.8. The van der Waals surface area contributed by atoms with Crippen molar-refractivity contribution in [3.63, 3.8) is 0 Å². The predicted octanol–water partition coefficient (Wildman–Crippen LogP) is 5.67. The van der Waals surface area contributed by atoms with Crippen LogP contribution in [0.2, 0.25) is 0 Å². The minimum absolute atomic E-state index is 0.00637. The van der Waals surface area contributed by atoms with Crippen molar-refractivity contribution >= 4 is 17.3 Å². The number of aryl methyl sites for hydroxylation is 3. The van der Waals surface area contributed by atoms with E-state index in [1.54, 1.807) is 6.20 Å². The van der Waals surface area contributed by atoms with Crippen molar-refractivity contribution in [2.75, 3.05) is 0 Å². The van der Waals surface area contributed by atoms with Crippen molar-refractivity contribution in [2.24, 2.45) is 0 Å². The van der Waals surface area contributed by atoms with E-state index >= 15 is 0 Å². The first-order valence-corrected chi connectivity index (χ1v) is 12.0. The molecular weight excluding hydrogens is 438 g/mol. The molecule has 0 saturated carbocycles. The molecule has 0 bridgehead atoms. The number of nitrogens with zero attached hydrogens (tertiary/aromatic N) is 4. The minimum Gasteiger partial charge on any atom is -0.352 e. The molecule has 2 atom stereocenters. The van der Waals surface area contributed by atoms with E-state index in [9.17, 15) is 0 Å². The molecule has 0 amide bonds. The van der Waals surface area contributed by atoms with Gasteiger partial charge in [0.2, 0.25) is 0 Å². The summed E-state index contributed by atoms with van der Waals surface area (Å²) in [5.74, 6) is 0. The van der Waals surface area contributed by atoms with E-state index in [0.29, 0.717) is 6.54 Å². The van der Waals surface area contributed by atoms with Crippen molar-refractivity contribution in [1.82, 2.24) is 24.8 Å². The fourth-order valence-electron chi connectivity index (χ4n) is 5.19. The number of pyridine rings is 2. The fraction of sp³-hybridized carbons (Fsp3) is 0.250. The maximum Gasteiger partial charge on any atom is 0.170 e. The van der Waals surface area contributed by atoms with Crippen LogP contribution in [0.1, 0.15) is 51.4 Å². The second-order valence-electron chi connectivity index (χ2n) is 9.02. The van der Waals surface area contributed by atoms with Crippen LogP contribution in [-0.4, -0.2) is 24.5 Å². The summed E-state index contributed by atoms with van der Waals surface area (Å²) in [5, 5.41) is 4.31. The zero-order valence-electron chi connectivity index (χ0n) is 20.0. The van der Waals surface area contributed by atoms with Gasteiger partial charge < -0.3 is 14.8 Å². The second-order valence-corrected chi connectivity index (χ2v) is 9.40. The van der Waals surface area contributed by atoms with Gasteiger partial charge in [0.1, 0.15) is 0 Å². The third kappa shape index (κ3) is 3.88. The molecule has 5 nitrogen and oxygen atoms in total. The van der Waals surface area contributed by atoms with Gasteiger partial charge in [0.15, 0.2) is 5.11 Å². The summed E-state index contributed by atoms with van der Waals surface area (Å²) in [5.41, 5.74) is 9.59. The number of hydrogen-bond acceptors (Lipinski definition) is 3. The molecule has 6 heteroatoms. The number of hydrogen-bond donors (Lipinski definition) is 1. The van der Waals surface area contributed by atoms with Crippen molar-refractivity contribution in [3.05, 3.63) is 113 Å². The van der Waals surface area contributed by atoms with Crippen LogP contribution in [0.25, 0.3) is 5.69 Å². The molecule has 172 valence electrons. The summed E-state index contributed by atoms with van der Waals surface area (Å²) in [7, 11) is 0. The van der Waals surface area contributed by atoms with Gasteiger partial charge in [-0.3, -0.25) is 9.97 Å². The highest BCUT2D eigenvalue weighted by Gasteiger charge is 2.41. The van der Waals surface area contributed by atoms with Gasteiger partial charge in [-0.1, -0.05) is 30.3 Å². The van der Waals surface area contributed by atoms with Crippen LogP contribution in [0.4, 0.5) is 0 Å². The van der Waals surface area contributed by atoms with Crippen molar-refractivity contribution in [3.8, 4) is 5.69 Å². The van der Waals surface area contributed by atoms with Gasteiger partial charge in [-0.15, -0.1) is 0 Å². The summed E-state index contributed by atoms with van der Waals surface area (Å²) in [6.45, 7) is 9.44. The number of aromatic nitrogens is 3. The maximum absolute atomic E-state index is 5.87. The van der Waals surface area contributed by atoms with E-state index in [4.69, 9.17) is 12.2 Å². The Morgan fingerprint density at radius 3 is 2.41 bits per heavy atom. The predicted molar refractivity (Wildman–Crippen MR) is 140 cm³/mol. The molecule has 1 fully saturated rings. The molecule has 5 rings (SSSR count). The number of thiocarbonyl (C=S) groups is 1. The van der Waals surface area contributed by atoms with Crippen molar-refractivity contribution in [1.29, 1.82) is 0 Å². The van der Waals surface area contributed by atoms with Crippen LogP contribution in [0, 0.1) is 27.7 Å². The highest BCUT2D eigenvalue weighted by atomic mass is 32.1. The number of nitrogens with one attached hydrogen (secondary N) is 1. The van der Waals surface area contributed by atoms with Crippen molar-refractivity contribution < 1.29 is 0 Å². The Labute approximate surface area is 206 Å². The lowest BCUT2D eigenvalue weighted by Crippen LogP contribution is -2.29. The molecule has 1 saturated heterocycles. The van der Waals surface area contributed by atoms with Crippen LogP contribution in [-0.2, 0) is 6.54 Å². The normalized spacial score (nSPS) is 17.8. The second kappa shape index (κ2) is 9.03. The quantitative estimate of drug-likeness (QED) is 0.383. The van der Waals surface area contributed by atoms with Gasteiger partial charge in [0.05, 0.1) is 23.5 Å². The van der Waals surface area contributed by atoms with E-state index in [1.165, 1.54) is 33.8 Å². The topological polar surface area (TPSA) is 46.0 Å². The fourth-order valence-corrected chi connectivity index (χ4v) is 5.50. The van der Waals surface area contributed by atoms with Crippen LogP contribution >= 0.6 is 12.2 Å². The minimum atomic E-state index is -0.0442. The lowest BCUT2D eigenvalue weighted by Gasteiger charge is -2.28. The van der Waals surface area contributed by atoms with Gasteiger partial charge in [-0.25, -0.2) is 0 Å². The van der Waals surface area contributed by atoms with E-state index in [-0.39, 0.29) is 12.1 Å². The first-order valence-electron chi connectivity index (χ1n) is 11.6. The summed E-state index contributed by atoms with van der Waals surface area (Å²) in [6.07, 6.45) is 5.56. The number of para-hydroxylation sites is 1. The lowest BCUT2D eigenvalue weighted by molar-refractivity contribution is 0.310. The molecule has 0 aliphatic carbocycles. The van der Waals surface area contributed by atoms with E-state index in [2.05, 4.69) is 88.8 Å². The average Bonchev–Trinajstić information content (AvgIpc) is 3.31. The highest BCUT2D eigenvalue weighted by molar-refractivity contribution is 7.80. The lowest BCUT2D eigenvalue weighted by atomic mass is 9.96. The third-order valence-electron chi connectivity index (χ3n) is 6.73. The third-order valence-corrected chi connectivity index (χ3v) is 7.08. The highest BCUT2D eigenvalue weighted by Crippen LogP contribution is 2.42. The standard InChI is InChI=1S/C28H29N5S/c1-18-9-7-10-19(2)26(18)33-20(3)15-23(21(33)4)27-25(24-12-5-6-14-30-24)31-28(34)32(27)17-22-11-8-13-29-16-22/h5-16,25,27H,17H2,1-4H3,(H,31,34)/t25-,27+/m1/s1. The SMILES string of the molecule is Cc1cccc(C)c1-n1c(C)cc([C@H]2[C@@H](c3ccccn3)NC(=S)N2Cc2cccnc2)c1C. The van der Waals surface area contributed by atoms with Crippen LogP contribution in [0.3, 0.4) is 0 Å².